The summed E-state index contributed by atoms with van der Waals surface area (Å²) in [6.45, 7) is 8.33. The highest BCUT2D eigenvalue weighted by Crippen LogP contribution is 2.24. The Morgan fingerprint density at radius 3 is 2.52 bits per heavy atom. The Balaban J connectivity index is 1.83. The minimum atomic E-state index is 0.163. The summed E-state index contributed by atoms with van der Waals surface area (Å²) in [5.41, 5.74) is 7.23. The third kappa shape index (κ3) is 4.19. The van der Waals surface area contributed by atoms with Crippen molar-refractivity contribution in [1.82, 2.24) is 14.5 Å². The fraction of sp³-hybridized carbons (Fsp3) is 0.250. The molecule has 0 spiro atoms. The number of aryl methyl sites for hydroxylation is 2. The Bertz CT molecular complexity index is 1480. The van der Waals surface area contributed by atoms with Gasteiger partial charge in [-0.1, -0.05) is 29.8 Å². The Kier molecular flexibility index (Phi) is 5.55. The first-order valence-electron chi connectivity index (χ1n) is 11.6. The van der Waals surface area contributed by atoms with Crippen LogP contribution in [0.1, 0.15) is 37.9 Å². The third-order valence-corrected chi connectivity index (χ3v) is 5.89. The summed E-state index contributed by atoms with van der Waals surface area (Å²) >= 11 is 0. The second-order valence-electron chi connectivity index (χ2n) is 8.88. The van der Waals surface area contributed by atoms with Crippen molar-refractivity contribution in [2.75, 3.05) is 5.32 Å². The van der Waals surface area contributed by atoms with Gasteiger partial charge in [0.25, 0.3) is 0 Å². The van der Waals surface area contributed by atoms with E-state index >= 15 is 0 Å². The molecule has 2 aliphatic carbocycles. The lowest BCUT2D eigenvalue weighted by molar-refractivity contribution is 0.804. The maximum Gasteiger partial charge on any atom is 0.0900 e. The van der Waals surface area contributed by atoms with Crippen molar-refractivity contribution in [2.24, 2.45) is 4.99 Å². The van der Waals surface area contributed by atoms with Crippen molar-refractivity contribution < 1.29 is 0 Å². The Hall–Kier alpha value is -3.73. The van der Waals surface area contributed by atoms with Crippen molar-refractivity contribution in [3.8, 4) is 17.1 Å². The average Bonchev–Trinajstić information content (AvgIpc) is 2.80. The molecule has 1 aromatic heterocycles. The summed E-state index contributed by atoms with van der Waals surface area (Å²) in [6, 6.07) is 17.1. The molecule has 2 heterocycles. The molecule has 166 valence electrons. The topological polar surface area (TPSA) is 55.1 Å². The summed E-state index contributed by atoms with van der Waals surface area (Å²) in [4.78, 5) is 14.4. The summed E-state index contributed by atoms with van der Waals surface area (Å²) < 4.78 is 2.32. The van der Waals surface area contributed by atoms with Gasteiger partial charge in [-0.15, -0.1) is 0 Å². The van der Waals surface area contributed by atoms with Crippen LogP contribution < -0.4 is 21.4 Å². The maximum atomic E-state index is 5.06. The van der Waals surface area contributed by atoms with Gasteiger partial charge >= 0.3 is 0 Å². The van der Waals surface area contributed by atoms with Crippen LogP contribution in [-0.2, 0) is 0 Å². The Morgan fingerprint density at radius 2 is 1.76 bits per heavy atom. The molecule has 0 bridgehead atoms. The molecular weight excluding hydrogens is 406 g/mol. The first-order valence-corrected chi connectivity index (χ1v) is 11.6. The molecule has 5 rings (SSSR count). The second kappa shape index (κ2) is 8.66. The number of nitrogens with one attached hydrogen (secondary N) is 1. The zero-order chi connectivity index (χ0) is 22.9. The molecule has 1 aliphatic heterocycles. The van der Waals surface area contributed by atoms with Crippen LogP contribution in [0.25, 0.3) is 29.2 Å². The number of hydrogen-bond acceptors (Lipinski definition) is 4. The van der Waals surface area contributed by atoms with Gasteiger partial charge in [0.15, 0.2) is 0 Å². The first kappa shape index (κ1) is 21.1. The number of fused-ring (bicyclic) bond motifs is 2. The molecule has 0 fully saturated rings. The predicted octanol–water partition coefficient (Wildman–Crippen LogP) is 4.40. The molecule has 33 heavy (non-hydrogen) atoms. The van der Waals surface area contributed by atoms with E-state index in [2.05, 4.69) is 84.2 Å². The fourth-order valence-electron chi connectivity index (χ4n) is 4.27. The molecule has 1 aromatic carbocycles. The molecule has 5 nitrogen and oxygen atoms in total. The van der Waals surface area contributed by atoms with Crippen LogP contribution in [0.2, 0.25) is 0 Å². The van der Waals surface area contributed by atoms with Crippen molar-refractivity contribution in [2.45, 2.75) is 46.6 Å². The monoisotopic (exact) mass is 435 g/mol. The summed E-state index contributed by atoms with van der Waals surface area (Å²) in [5, 5.41) is 6.66. The molecule has 0 saturated heterocycles. The Labute approximate surface area is 194 Å². The molecule has 0 amide bonds. The highest BCUT2D eigenvalue weighted by molar-refractivity contribution is 5.71. The van der Waals surface area contributed by atoms with Gasteiger partial charge in [0.2, 0.25) is 0 Å². The molecule has 3 aliphatic rings. The molecule has 1 N–H and O–H groups in total. The van der Waals surface area contributed by atoms with E-state index in [-0.39, 0.29) is 6.04 Å². The van der Waals surface area contributed by atoms with E-state index < -0.39 is 0 Å². The van der Waals surface area contributed by atoms with E-state index in [9.17, 15) is 0 Å². The Morgan fingerprint density at radius 1 is 0.970 bits per heavy atom. The molecule has 2 aromatic rings. The normalized spacial score (nSPS) is 13.5. The molecule has 0 atom stereocenters. The number of anilines is 2. The highest BCUT2D eigenvalue weighted by Gasteiger charge is 2.16. The van der Waals surface area contributed by atoms with Crippen LogP contribution in [0.3, 0.4) is 0 Å². The van der Waals surface area contributed by atoms with E-state index in [0.29, 0.717) is 0 Å². The van der Waals surface area contributed by atoms with E-state index in [1.807, 2.05) is 25.3 Å². The molecular formula is C28H29N5. The predicted molar refractivity (Wildman–Crippen MR) is 135 cm³/mol. The van der Waals surface area contributed by atoms with Gasteiger partial charge in [-0.25, -0.2) is 4.98 Å². The number of hydrogen-bond donors (Lipinski definition) is 1. The van der Waals surface area contributed by atoms with E-state index in [1.54, 1.807) is 0 Å². The van der Waals surface area contributed by atoms with Crippen molar-refractivity contribution in [3.63, 3.8) is 0 Å². The lowest BCUT2D eigenvalue weighted by Gasteiger charge is -2.20. The first-order chi connectivity index (χ1) is 16.0. The molecule has 5 heteroatoms. The van der Waals surface area contributed by atoms with Gasteiger partial charge in [-0.05, 0) is 76.9 Å². The SMILES string of the molecule is Cc1ccc(-n2c3c/c(=N\C(C)C)c(Nc4cccnc4C)cc-3nc3c2=CCCC=3)cc1. The summed E-state index contributed by atoms with van der Waals surface area (Å²) in [5.74, 6) is 0. The van der Waals surface area contributed by atoms with Gasteiger partial charge < -0.3 is 9.88 Å². The smallest absolute Gasteiger partial charge is 0.0900 e. The number of nitrogens with zero attached hydrogens (tertiary/aromatic N) is 4. The van der Waals surface area contributed by atoms with Crippen LogP contribution in [0, 0.1) is 13.8 Å². The van der Waals surface area contributed by atoms with E-state index in [1.165, 1.54) is 5.56 Å². The van der Waals surface area contributed by atoms with Gasteiger partial charge in [-0.2, -0.15) is 0 Å². The second-order valence-corrected chi connectivity index (χ2v) is 8.88. The minimum absolute atomic E-state index is 0.163. The van der Waals surface area contributed by atoms with Gasteiger partial charge in [-0.3, -0.25) is 9.98 Å². The zero-order valence-electron chi connectivity index (χ0n) is 19.6. The van der Waals surface area contributed by atoms with Gasteiger partial charge in [0.05, 0.1) is 44.5 Å². The quantitative estimate of drug-likeness (QED) is 0.517. The lowest BCUT2D eigenvalue weighted by atomic mass is 10.1. The largest absolute Gasteiger partial charge is 0.352 e. The third-order valence-electron chi connectivity index (χ3n) is 5.89. The summed E-state index contributed by atoms with van der Waals surface area (Å²) in [6.07, 6.45) is 8.39. The van der Waals surface area contributed by atoms with Crippen LogP contribution in [0.5, 0.6) is 0 Å². The van der Waals surface area contributed by atoms with Crippen LogP contribution in [0.15, 0.2) is 59.7 Å². The lowest BCUT2D eigenvalue weighted by Crippen LogP contribution is -2.40. The van der Waals surface area contributed by atoms with Crippen LogP contribution in [0.4, 0.5) is 11.4 Å². The van der Waals surface area contributed by atoms with Crippen molar-refractivity contribution in [3.05, 3.63) is 82.0 Å². The minimum Gasteiger partial charge on any atom is -0.352 e. The van der Waals surface area contributed by atoms with E-state index in [0.717, 1.165) is 63.0 Å². The van der Waals surface area contributed by atoms with Crippen LogP contribution >= 0.6 is 0 Å². The van der Waals surface area contributed by atoms with Crippen LogP contribution in [-0.4, -0.2) is 20.6 Å². The van der Waals surface area contributed by atoms with Gasteiger partial charge in [0, 0.05) is 17.9 Å². The maximum absolute atomic E-state index is 5.06. The average molecular weight is 436 g/mol. The number of aromatic nitrogens is 3. The van der Waals surface area contributed by atoms with Crippen molar-refractivity contribution in [1.29, 1.82) is 0 Å². The van der Waals surface area contributed by atoms with Gasteiger partial charge in [0.1, 0.15) is 0 Å². The molecule has 0 unspecified atom stereocenters. The summed E-state index contributed by atoms with van der Waals surface area (Å²) in [7, 11) is 0. The number of rotatable bonds is 4. The number of pyridine rings is 1. The number of benzene rings is 2. The standard InChI is InChI=1S/C28H29N5/c1-18(2)30-25-17-28-26(16-24(25)31-22-9-7-15-29-20(22)4)32-23-8-5-6-10-27(23)33(28)21-13-11-19(3)12-14-21/h7-18,31H,5-6H2,1-4H3/b30-25+. The molecule has 0 radical (unpaired) electrons. The van der Waals surface area contributed by atoms with Crippen molar-refractivity contribution >= 4 is 23.5 Å². The molecule has 0 saturated carbocycles. The fourth-order valence-corrected chi connectivity index (χ4v) is 4.27. The van der Waals surface area contributed by atoms with E-state index in [4.69, 9.17) is 9.98 Å². The zero-order valence-corrected chi connectivity index (χ0v) is 19.6. The highest BCUT2D eigenvalue weighted by atomic mass is 15.0.